The van der Waals surface area contributed by atoms with Crippen LogP contribution >= 0.6 is 0 Å². The van der Waals surface area contributed by atoms with E-state index in [1.807, 2.05) is 26.0 Å². The van der Waals surface area contributed by atoms with E-state index in [9.17, 15) is 9.59 Å². The average Bonchev–Trinajstić information content (AvgIpc) is 2.81. The first-order valence-electron chi connectivity index (χ1n) is 11.5. The molecule has 0 fully saturated rings. The third-order valence-corrected chi connectivity index (χ3v) is 5.44. The third kappa shape index (κ3) is 6.82. The first-order chi connectivity index (χ1) is 15.9. The van der Waals surface area contributed by atoms with E-state index in [0.29, 0.717) is 23.0 Å². The van der Waals surface area contributed by atoms with Gasteiger partial charge in [0.1, 0.15) is 0 Å². The Bertz CT molecular complexity index is 938. The van der Waals surface area contributed by atoms with Crippen molar-refractivity contribution in [3.63, 3.8) is 0 Å². The van der Waals surface area contributed by atoms with Gasteiger partial charge in [-0.2, -0.15) is 0 Å². The van der Waals surface area contributed by atoms with E-state index in [2.05, 4.69) is 27.0 Å². The van der Waals surface area contributed by atoms with E-state index in [1.165, 1.54) is 0 Å². The van der Waals surface area contributed by atoms with Crippen LogP contribution in [0.15, 0.2) is 49.6 Å². The molecule has 0 aliphatic heterocycles. The summed E-state index contributed by atoms with van der Waals surface area (Å²) in [5.74, 6) is 0.365. The van der Waals surface area contributed by atoms with Crippen molar-refractivity contribution in [2.45, 2.75) is 66.2 Å². The van der Waals surface area contributed by atoms with Gasteiger partial charge in [-0.25, -0.2) is 9.59 Å². The fourth-order valence-corrected chi connectivity index (χ4v) is 3.53. The van der Waals surface area contributed by atoms with Crippen molar-refractivity contribution in [1.82, 2.24) is 0 Å². The fourth-order valence-electron chi connectivity index (χ4n) is 3.53. The van der Waals surface area contributed by atoms with Crippen molar-refractivity contribution in [2.75, 3.05) is 0 Å². The Labute approximate surface area is 197 Å². The maximum absolute atomic E-state index is 12.1. The summed E-state index contributed by atoms with van der Waals surface area (Å²) in [6.45, 7) is 15.2. The second-order valence-electron chi connectivity index (χ2n) is 7.94. The standard InChI is InChI=1S/C28H34O5/c1-7-11-13-21-19(5)15-17-23(27(21)32-25(29)9-3)31-24-18-16-20(6)22(14-12-8-2)28(24)33-26(30)10-4/h9-10,15-18H,3-4,7-8,11-14H2,1-2,5-6H3. The van der Waals surface area contributed by atoms with Gasteiger partial charge in [-0.1, -0.05) is 52.0 Å². The van der Waals surface area contributed by atoms with Gasteiger partial charge in [0.15, 0.2) is 23.0 Å². The largest absolute Gasteiger partial charge is 0.449 e. The van der Waals surface area contributed by atoms with Gasteiger partial charge in [0.2, 0.25) is 0 Å². The molecule has 0 heterocycles. The van der Waals surface area contributed by atoms with Gasteiger partial charge in [-0.05, 0) is 62.8 Å². The molecule has 0 radical (unpaired) electrons. The summed E-state index contributed by atoms with van der Waals surface area (Å²) in [6, 6.07) is 7.41. The summed E-state index contributed by atoms with van der Waals surface area (Å²) in [7, 11) is 0. The number of hydrogen-bond donors (Lipinski definition) is 0. The average molecular weight is 451 g/mol. The number of aryl methyl sites for hydroxylation is 2. The molecule has 0 amide bonds. The quantitative estimate of drug-likeness (QED) is 0.199. The molecular formula is C28H34O5. The number of ether oxygens (including phenoxy) is 3. The Morgan fingerprint density at radius 3 is 1.48 bits per heavy atom. The van der Waals surface area contributed by atoms with Crippen molar-refractivity contribution in [1.29, 1.82) is 0 Å². The second-order valence-corrected chi connectivity index (χ2v) is 7.94. The summed E-state index contributed by atoms with van der Waals surface area (Å²) in [4.78, 5) is 24.2. The summed E-state index contributed by atoms with van der Waals surface area (Å²) in [5, 5.41) is 0. The van der Waals surface area contributed by atoms with Crippen LogP contribution in [-0.4, -0.2) is 11.9 Å². The molecule has 2 aromatic carbocycles. The number of esters is 2. The number of rotatable bonds is 12. The van der Waals surface area contributed by atoms with E-state index in [-0.39, 0.29) is 0 Å². The molecule has 176 valence electrons. The molecule has 0 saturated carbocycles. The monoisotopic (exact) mass is 450 g/mol. The maximum Gasteiger partial charge on any atom is 0.335 e. The van der Waals surface area contributed by atoms with Gasteiger partial charge < -0.3 is 14.2 Å². The van der Waals surface area contributed by atoms with Crippen molar-refractivity contribution < 1.29 is 23.8 Å². The predicted molar refractivity (Wildman–Crippen MR) is 131 cm³/mol. The SMILES string of the molecule is C=CC(=O)Oc1c(Oc2ccc(C)c(CCCC)c2OC(=O)C=C)ccc(C)c1CCCC. The highest BCUT2D eigenvalue weighted by molar-refractivity contribution is 5.85. The summed E-state index contributed by atoms with van der Waals surface area (Å²) in [5.41, 5.74) is 3.84. The zero-order chi connectivity index (χ0) is 24.4. The normalized spacial score (nSPS) is 10.4. The molecule has 0 aromatic heterocycles. The topological polar surface area (TPSA) is 61.8 Å². The molecule has 0 bridgehead atoms. The van der Waals surface area contributed by atoms with Gasteiger partial charge in [0, 0.05) is 23.3 Å². The molecular weight excluding hydrogens is 416 g/mol. The molecule has 0 aliphatic rings. The van der Waals surface area contributed by atoms with Gasteiger partial charge in [-0.15, -0.1) is 0 Å². The summed E-state index contributed by atoms with van der Waals surface area (Å²) >= 11 is 0. The van der Waals surface area contributed by atoms with Crippen molar-refractivity contribution in [2.24, 2.45) is 0 Å². The lowest BCUT2D eigenvalue weighted by atomic mass is 10.0. The van der Waals surface area contributed by atoms with E-state index < -0.39 is 11.9 Å². The number of carbonyl (C=O) groups is 2. The van der Waals surface area contributed by atoms with Gasteiger partial charge in [-0.3, -0.25) is 0 Å². The van der Waals surface area contributed by atoms with Crippen LogP contribution in [0.3, 0.4) is 0 Å². The summed E-state index contributed by atoms with van der Waals surface area (Å²) < 4.78 is 17.5. The smallest absolute Gasteiger partial charge is 0.335 e. The maximum atomic E-state index is 12.1. The molecule has 0 aliphatic carbocycles. The third-order valence-electron chi connectivity index (χ3n) is 5.44. The first-order valence-corrected chi connectivity index (χ1v) is 11.5. The van der Waals surface area contributed by atoms with Crippen LogP contribution in [0.25, 0.3) is 0 Å². The minimum absolute atomic E-state index is 0.366. The first kappa shape index (κ1) is 25.9. The lowest BCUT2D eigenvalue weighted by molar-refractivity contribution is -0.129. The molecule has 0 atom stereocenters. The van der Waals surface area contributed by atoms with Crippen molar-refractivity contribution in [3.05, 3.63) is 71.8 Å². The number of benzene rings is 2. The highest BCUT2D eigenvalue weighted by Gasteiger charge is 2.21. The van der Waals surface area contributed by atoms with E-state index >= 15 is 0 Å². The molecule has 0 unspecified atom stereocenters. The van der Waals surface area contributed by atoms with Crippen LogP contribution in [0, 0.1) is 13.8 Å². The Morgan fingerprint density at radius 2 is 1.15 bits per heavy atom. The highest BCUT2D eigenvalue weighted by Crippen LogP contribution is 2.42. The highest BCUT2D eigenvalue weighted by atomic mass is 16.6. The Hall–Kier alpha value is -3.34. The molecule has 2 rings (SSSR count). The van der Waals surface area contributed by atoms with Crippen LogP contribution < -0.4 is 14.2 Å². The van der Waals surface area contributed by atoms with Crippen LogP contribution in [0.2, 0.25) is 0 Å². The molecule has 33 heavy (non-hydrogen) atoms. The van der Waals surface area contributed by atoms with E-state index in [0.717, 1.165) is 72.9 Å². The zero-order valence-electron chi connectivity index (χ0n) is 20.2. The van der Waals surface area contributed by atoms with Gasteiger partial charge >= 0.3 is 11.9 Å². The molecule has 0 N–H and O–H groups in total. The Balaban J connectivity index is 2.62. The van der Waals surface area contributed by atoms with Crippen molar-refractivity contribution in [3.8, 4) is 23.0 Å². The zero-order valence-corrected chi connectivity index (χ0v) is 20.2. The molecule has 5 heteroatoms. The fraction of sp³-hybridized carbons (Fsp3) is 0.357. The molecule has 0 spiro atoms. The van der Waals surface area contributed by atoms with E-state index in [1.54, 1.807) is 12.1 Å². The van der Waals surface area contributed by atoms with Crippen LogP contribution in [0.1, 0.15) is 61.8 Å². The number of carbonyl (C=O) groups excluding carboxylic acids is 2. The van der Waals surface area contributed by atoms with Crippen molar-refractivity contribution >= 4 is 11.9 Å². The summed E-state index contributed by atoms with van der Waals surface area (Å²) in [6.07, 6.45) is 7.62. The Kier molecular flexibility index (Phi) is 9.92. The predicted octanol–water partition coefficient (Wildman–Crippen LogP) is 6.96. The molecule has 2 aromatic rings. The van der Waals surface area contributed by atoms with Crippen LogP contribution in [0.5, 0.6) is 23.0 Å². The van der Waals surface area contributed by atoms with Crippen LogP contribution in [0.4, 0.5) is 0 Å². The Morgan fingerprint density at radius 1 is 0.758 bits per heavy atom. The van der Waals surface area contributed by atoms with Crippen LogP contribution in [-0.2, 0) is 22.4 Å². The minimum atomic E-state index is -0.561. The van der Waals surface area contributed by atoms with Gasteiger partial charge in [0.05, 0.1) is 0 Å². The number of hydrogen-bond acceptors (Lipinski definition) is 5. The van der Waals surface area contributed by atoms with E-state index in [4.69, 9.17) is 14.2 Å². The lowest BCUT2D eigenvalue weighted by Crippen LogP contribution is -2.10. The number of unbranched alkanes of at least 4 members (excludes halogenated alkanes) is 2. The van der Waals surface area contributed by atoms with Gasteiger partial charge in [0.25, 0.3) is 0 Å². The minimum Gasteiger partial charge on any atom is -0.449 e. The lowest BCUT2D eigenvalue weighted by Gasteiger charge is -2.20. The molecule has 0 saturated heterocycles. The second kappa shape index (κ2) is 12.6. The molecule has 5 nitrogen and oxygen atoms in total.